The zero-order valence-corrected chi connectivity index (χ0v) is 13.4. The van der Waals surface area contributed by atoms with Crippen LogP contribution in [0.5, 0.6) is 5.75 Å². The second kappa shape index (κ2) is 6.50. The molecule has 2 aromatic rings. The Morgan fingerprint density at radius 1 is 1.47 bits per heavy atom. The molecule has 1 heterocycles. The van der Waals surface area contributed by atoms with Gasteiger partial charge in [0.25, 0.3) is 0 Å². The van der Waals surface area contributed by atoms with Gasteiger partial charge in [-0.3, -0.25) is 0 Å². The summed E-state index contributed by atoms with van der Waals surface area (Å²) in [5.41, 5.74) is 7.96. The van der Waals surface area contributed by atoms with Gasteiger partial charge in [0, 0.05) is 15.9 Å². The van der Waals surface area contributed by atoms with Gasteiger partial charge in [0.1, 0.15) is 12.4 Å². The fourth-order valence-corrected chi connectivity index (χ4v) is 2.83. The molecule has 1 aromatic carbocycles. The molecule has 1 aromatic heterocycles. The zero-order valence-electron chi connectivity index (χ0n) is 11.0. The number of nitrogens with zero attached hydrogens (tertiary/aromatic N) is 1. The van der Waals surface area contributed by atoms with E-state index in [9.17, 15) is 0 Å². The molecule has 0 aliphatic heterocycles. The Balaban J connectivity index is 2.10. The van der Waals surface area contributed by atoms with E-state index in [-0.39, 0.29) is 6.04 Å². The van der Waals surface area contributed by atoms with E-state index in [0.29, 0.717) is 6.61 Å². The minimum atomic E-state index is 0.109. The zero-order chi connectivity index (χ0) is 13.8. The Labute approximate surface area is 125 Å². The lowest BCUT2D eigenvalue weighted by Crippen LogP contribution is -2.18. The Morgan fingerprint density at radius 3 is 2.89 bits per heavy atom. The van der Waals surface area contributed by atoms with E-state index >= 15 is 0 Å². The van der Waals surface area contributed by atoms with Gasteiger partial charge in [-0.2, -0.15) is 0 Å². The maximum Gasteiger partial charge on any atom is 0.131 e. The van der Waals surface area contributed by atoms with E-state index in [0.717, 1.165) is 32.9 Å². The summed E-state index contributed by atoms with van der Waals surface area (Å²) in [6.07, 6.45) is 0.796. The number of aryl methyl sites for hydroxylation is 1. The van der Waals surface area contributed by atoms with Crippen LogP contribution in [0.2, 0.25) is 0 Å². The first-order chi connectivity index (χ1) is 9.04. The van der Waals surface area contributed by atoms with Crippen molar-refractivity contribution in [3.63, 3.8) is 0 Å². The molecule has 1 unspecified atom stereocenters. The minimum absolute atomic E-state index is 0.109. The van der Waals surface area contributed by atoms with Crippen LogP contribution in [-0.4, -0.2) is 11.0 Å². The van der Waals surface area contributed by atoms with Crippen LogP contribution in [-0.2, 0) is 13.0 Å². The third-order valence-electron chi connectivity index (χ3n) is 2.61. The third kappa shape index (κ3) is 4.30. The van der Waals surface area contributed by atoms with Gasteiger partial charge in [-0.05, 0) is 44.0 Å². The van der Waals surface area contributed by atoms with E-state index < -0.39 is 0 Å². The van der Waals surface area contributed by atoms with E-state index in [4.69, 9.17) is 10.5 Å². The first-order valence-electron chi connectivity index (χ1n) is 6.12. The molecule has 2 rings (SSSR count). The van der Waals surface area contributed by atoms with Gasteiger partial charge in [0.05, 0.1) is 10.7 Å². The van der Waals surface area contributed by atoms with Crippen molar-refractivity contribution in [1.29, 1.82) is 0 Å². The molecule has 5 heteroatoms. The quantitative estimate of drug-likeness (QED) is 0.902. The molecule has 0 spiro atoms. The number of thiazole rings is 1. The summed E-state index contributed by atoms with van der Waals surface area (Å²) in [6, 6.07) is 6.12. The highest BCUT2D eigenvalue weighted by Crippen LogP contribution is 2.25. The Bertz CT molecular complexity index is 554. The van der Waals surface area contributed by atoms with Crippen molar-refractivity contribution < 1.29 is 4.74 Å². The van der Waals surface area contributed by atoms with Crippen molar-refractivity contribution in [3.05, 3.63) is 44.3 Å². The fraction of sp³-hybridized carbons (Fsp3) is 0.357. The van der Waals surface area contributed by atoms with Gasteiger partial charge in [0.2, 0.25) is 0 Å². The van der Waals surface area contributed by atoms with Gasteiger partial charge in [-0.1, -0.05) is 15.9 Å². The molecular formula is C14H17BrN2OS. The van der Waals surface area contributed by atoms with Crippen LogP contribution in [0.3, 0.4) is 0 Å². The number of aromatic nitrogens is 1. The van der Waals surface area contributed by atoms with Crippen LogP contribution in [0.1, 0.15) is 23.2 Å². The Morgan fingerprint density at radius 2 is 2.26 bits per heavy atom. The van der Waals surface area contributed by atoms with Crippen molar-refractivity contribution in [2.24, 2.45) is 5.73 Å². The van der Waals surface area contributed by atoms with Crippen molar-refractivity contribution in [1.82, 2.24) is 4.98 Å². The van der Waals surface area contributed by atoms with Crippen molar-refractivity contribution in [2.45, 2.75) is 32.9 Å². The van der Waals surface area contributed by atoms with E-state index in [2.05, 4.69) is 27.0 Å². The minimum Gasteiger partial charge on any atom is -0.487 e. The first kappa shape index (κ1) is 14.5. The van der Waals surface area contributed by atoms with Gasteiger partial charge in [0.15, 0.2) is 0 Å². The van der Waals surface area contributed by atoms with Crippen LogP contribution in [0.15, 0.2) is 28.1 Å². The van der Waals surface area contributed by atoms with Gasteiger partial charge in [-0.25, -0.2) is 4.98 Å². The first-order valence-corrected chi connectivity index (χ1v) is 7.79. The summed E-state index contributed by atoms with van der Waals surface area (Å²) in [7, 11) is 0. The van der Waals surface area contributed by atoms with E-state index in [1.807, 2.05) is 31.4 Å². The van der Waals surface area contributed by atoms with Gasteiger partial charge in [-0.15, -0.1) is 11.3 Å². The van der Waals surface area contributed by atoms with Crippen LogP contribution < -0.4 is 10.5 Å². The second-order valence-electron chi connectivity index (χ2n) is 4.58. The Hall–Kier alpha value is -0.910. The average Bonchev–Trinajstić information content (AvgIpc) is 2.73. The second-order valence-corrected chi connectivity index (χ2v) is 6.56. The number of nitrogens with two attached hydrogens (primary N) is 1. The molecule has 0 amide bonds. The molecule has 1 atom stereocenters. The monoisotopic (exact) mass is 340 g/mol. The van der Waals surface area contributed by atoms with Crippen molar-refractivity contribution >= 4 is 27.3 Å². The van der Waals surface area contributed by atoms with Crippen LogP contribution in [0.4, 0.5) is 0 Å². The number of halogens is 1. The molecule has 2 N–H and O–H groups in total. The predicted molar refractivity (Wildman–Crippen MR) is 82.7 cm³/mol. The number of hydrogen-bond donors (Lipinski definition) is 1. The molecule has 0 aliphatic carbocycles. The average molecular weight is 341 g/mol. The topological polar surface area (TPSA) is 48.1 Å². The highest BCUT2D eigenvalue weighted by atomic mass is 79.9. The summed E-state index contributed by atoms with van der Waals surface area (Å²) in [5.74, 6) is 0.881. The largest absolute Gasteiger partial charge is 0.487 e. The SMILES string of the molecule is Cc1nc(COc2ccc(Br)cc2CC(C)N)cs1. The molecule has 0 saturated heterocycles. The lowest BCUT2D eigenvalue weighted by Gasteiger charge is -2.13. The molecule has 0 saturated carbocycles. The number of rotatable bonds is 5. The molecule has 0 fully saturated rings. The predicted octanol–water partition coefficient (Wildman–Crippen LogP) is 3.68. The molecule has 102 valence electrons. The highest BCUT2D eigenvalue weighted by Gasteiger charge is 2.08. The van der Waals surface area contributed by atoms with E-state index in [1.165, 1.54) is 0 Å². The number of ether oxygens (including phenoxy) is 1. The van der Waals surface area contributed by atoms with Gasteiger partial charge < -0.3 is 10.5 Å². The lowest BCUT2D eigenvalue weighted by molar-refractivity contribution is 0.298. The fourth-order valence-electron chi connectivity index (χ4n) is 1.82. The smallest absolute Gasteiger partial charge is 0.131 e. The maximum absolute atomic E-state index is 5.87. The number of benzene rings is 1. The summed E-state index contributed by atoms with van der Waals surface area (Å²) in [4.78, 5) is 4.39. The molecule has 19 heavy (non-hydrogen) atoms. The van der Waals surface area contributed by atoms with E-state index in [1.54, 1.807) is 11.3 Å². The summed E-state index contributed by atoms with van der Waals surface area (Å²) >= 11 is 5.12. The number of hydrogen-bond acceptors (Lipinski definition) is 4. The summed E-state index contributed by atoms with van der Waals surface area (Å²) in [6.45, 7) is 4.49. The lowest BCUT2D eigenvalue weighted by atomic mass is 10.1. The standard InChI is InChI=1S/C14H17BrN2OS/c1-9(16)5-11-6-12(15)3-4-14(11)18-7-13-8-19-10(2)17-13/h3-4,6,8-9H,5,7,16H2,1-2H3. The van der Waals surface area contributed by atoms with Crippen LogP contribution in [0, 0.1) is 6.92 Å². The molecule has 0 aliphatic rings. The molecule has 0 radical (unpaired) electrons. The highest BCUT2D eigenvalue weighted by molar-refractivity contribution is 9.10. The Kier molecular flexibility index (Phi) is 4.96. The summed E-state index contributed by atoms with van der Waals surface area (Å²) < 4.78 is 6.90. The normalized spacial score (nSPS) is 12.4. The molecule has 3 nitrogen and oxygen atoms in total. The van der Waals surface area contributed by atoms with Crippen molar-refractivity contribution in [3.8, 4) is 5.75 Å². The third-order valence-corrected chi connectivity index (χ3v) is 3.92. The maximum atomic E-state index is 5.87. The summed E-state index contributed by atoms with van der Waals surface area (Å²) in [5, 5.41) is 3.09. The van der Waals surface area contributed by atoms with Crippen molar-refractivity contribution in [2.75, 3.05) is 0 Å². The molecular weight excluding hydrogens is 324 g/mol. The van der Waals surface area contributed by atoms with Crippen LogP contribution >= 0.6 is 27.3 Å². The van der Waals surface area contributed by atoms with Gasteiger partial charge >= 0.3 is 0 Å². The van der Waals surface area contributed by atoms with Crippen LogP contribution in [0.25, 0.3) is 0 Å². The molecule has 0 bridgehead atoms.